The molecular formula is C11H7F4N3S. The summed E-state index contributed by atoms with van der Waals surface area (Å²) in [4.78, 5) is -0.421. The molecule has 8 heteroatoms. The van der Waals surface area contributed by atoms with Crippen LogP contribution in [0.5, 0.6) is 0 Å². The second-order valence-corrected chi connectivity index (χ2v) is 4.10. The van der Waals surface area contributed by atoms with Gasteiger partial charge in [0, 0.05) is 0 Å². The third kappa shape index (κ3) is 2.58. The molecular weight excluding hydrogens is 282 g/mol. The Morgan fingerprint density at radius 2 is 2.00 bits per heavy atom. The minimum Gasteiger partial charge on any atom is -0.389 e. The van der Waals surface area contributed by atoms with Gasteiger partial charge < -0.3 is 5.73 Å². The van der Waals surface area contributed by atoms with Crippen molar-refractivity contribution in [2.24, 2.45) is 5.73 Å². The van der Waals surface area contributed by atoms with Crippen molar-refractivity contribution >= 4 is 17.2 Å². The summed E-state index contributed by atoms with van der Waals surface area (Å²) in [6.45, 7) is 0. The lowest BCUT2D eigenvalue weighted by Gasteiger charge is -2.12. The lowest BCUT2D eigenvalue weighted by atomic mass is 10.2. The number of rotatable bonds is 2. The molecule has 0 aliphatic heterocycles. The van der Waals surface area contributed by atoms with Gasteiger partial charge in [-0.1, -0.05) is 18.3 Å². The fourth-order valence-electron chi connectivity index (χ4n) is 1.61. The standard InChI is InChI=1S/C11H7F4N3S/c12-6-2-1-3-7(4-6)18-9(11(13,14)15)8(5-17-18)10(16)19/h1-5H,(H2,16,19). The van der Waals surface area contributed by atoms with Crippen LogP contribution < -0.4 is 5.73 Å². The first-order chi connectivity index (χ1) is 8.80. The van der Waals surface area contributed by atoms with Gasteiger partial charge in [-0.25, -0.2) is 9.07 Å². The van der Waals surface area contributed by atoms with E-state index in [1.54, 1.807) is 0 Å². The van der Waals surface area contributed by atoms with E-state index in [0.29, 0.717) is 4.68 Å². The largest absolute Gasteiger partial charge is 0.434 e. The van der Waals surface area contributed by atoms with Crippen LogP contribution in [-0.4, -0.2) is 14.8 Å². The zero-order chi connectivity index (χ0) is 14.2. The van der Waals surface area contributed by atoms with Crippen LogP contribution in [-0.2, 0) is 6.18 Å². The summed E-state index contributed by atoms with van der Waals surface area (Å²) < 4.78 is 52.7. The van der Waals surface area contributed by atoms with E-state index in [4.69, 9.17) is 5.73 Å². The van der Waals surface area contributed by atoms with E-state index >= 15 is 0 Å². The van der Waals surface area contributed by atoms with Crippen LogP contribution in [0.15, 0.2) is 30.5 Å². The van der Waals surface area contributed by atoms with Gasteiger partial charge in [0.15, 0.2) is 5.69 Å². The molecule has 100 valence electrons. The third-order valence-corrected chi connectivity index (χ3v) is 2.58. The molecule has 0 radical (unpaired) electrons. The molecule has 0 bridgehead atoms. The first-order valence-electron chi connectivity index (χ1n) is 5.01. The number of alkyl halides is 3. The highest BCUT2D eigenvalue weighted by atomic mass is 32.1. The van der Waals surface area contributed by atoms with Gasteiger partial charge in [0.05, 0.1) is 17.4 Å². The lowest BCUT2D eigenvalue weighted by molar-refractivity contribution is -0.142. The topological polar surface area (TPSA) is 43.8 Å². The van der Waals surface area contributed by atoms with Gasteiger partial charge in [0.2, 0.25) is 0 Å². The van der Waals surface area contributed by atoms with Crippen molar-refractivity contribution in [2.75, 3.05) is 0 Å². The monoisotopic (exact) mass is 289 g/mol. The van der Waals surface area contributed by atoms with E-state index in [1.807, 2.05) is 0 Å². The fraction of sp³-hybridized carbons (Fsp3) is 0.0909. The number of nitrogens with zero attached hydrogens (tertiary/aromatic N) is 2. The minimum absolute atomic E-state index is 0.0603. The molecule has 1 heterocycles. The van der Waals surface area contributed by atoms with Crippen LogP contribution in [0.25, 0.3) is 5.69 Å². The number of hydrogen-bond donors (Lipinski definition) is 1. The Balaban J connectivity index is 2.68. The first-order valence-corrected chi connectivity index (χ1v) is 5.42. The van der Waals surface area contributed by atoms with Crippen LogP contribution in [0.3, 0.4) is 0 Å². The maximum atomic E-state index is 13.1. The van der Waals surface area contributed by atoms with Gasteiger partial charge >= 0.3 is 6.18 Å². The Labute approximate surface area is 110 Å². The molecule has 1 aromatic heterocycles. The molecule has 2 rings (SSSR count). The van der Waals surface area contributed by atoms with E-state index < -0.39 is 28.2 Å². The number of halogens is 4. The minimum atomic E-state index is -4.71. The van der Waals surface area contributed by atoms with Crippen molar-refractivity contribution in [3.05, 3.63) is 47.5 Å². The molecule has 3 nitrogen and oxygen atoms in total. The molecule has 0 saturated heterocycles. The summed E-state index contributed by atoms with van der Waals surface area (Å²) in [5.41, 5.74) is 3.66. The molecule has 19 heavy (non-hydrogen) atoms. The number of aromatic nitrogens is 2. The fourth-order valence-corrected chi connectivity index (χ4v) is 1.75. The van der Waals surface area contributed by atoms with Crippen LogP contribution in [0, 0.1) is 5.82 Å². The van der Waals surface area contributed by atoms with Crippen molar-refractivity contribution in [1.82, 2.24) is 9.78 Å². The van der Waals surface area contributed by atoms with Crippen molar-refractivity contribution in [1.29, 1.82) is 0 Å². The number of benzene rings is 1. The molecule has 0 spiro atoms. The summed E-state index contributed by atoms with van der Waals surface area (Å²) >= 11 is 4.56. The van der Waals surface area contributed by atoms with Gasteiger partial charge in [-0.2, -0.15) is 18.3 Å². The molecule has 0 saturated carbocycles. The quantitative estimate of drug-likeness (QED) is 0.683. The Morgan fingerprint density at radius 1 is 1.32 bits per heavy atom. The lowest BCUT2D eigenvalue weighted by Crippen LogP contribution is -2.20. The van der Waals surface area contributed by atoms with E-state index in [1.165, 1.54) is 12.1 Å². The van der Waals surface area contributed by atoms with Gasteiger partial charge in [-0.3, -0.25) is 0 Å². The number of nitrogens with two attached hydrogens (primary N) is 1. The van der Waals surface area contributed by atoms with Crippen LogP contribution in [0.2, 0.25) is 0 Å². The molecule has 1 aromatic carbocycles. The van der Waals surface area contributed by atoms with E-state index in [2.05, 4.69) is 17.3 Å². The second-order valence-electron chi connectivity index (χ2n) is 3.66. The maximum absolute atomic E-state index is 13.1. The average molecular weight is 289 g/mol. The van der Waals surface area contributed by atoms with Gasteiger partial charge in [-0.05, 0) is 18.2 Å². The Hall–Kier alpha value is -1.96. The van der Waals surface area contributed by atoms with Crippen LogP contribution in [0.1, 0.15) is 11.3 Å². The summed E-state index contributed by atoms with van der Waals surface area (Å²) in [7, 11) is 0. The highest BCUT2D eigenvalue weighted by molar-refractivity contribution is 7.80. The predicted octanol–water partition coefficient (Wildman–Crippen LogP) is 2.66. The molecule has 2 N–H and O–H groups in total. The Kier molecular flexibility index (Phi) is 3.27. The molecule has 0 amide bonds. The third-order valence-electron chi connectivity index (χ3n) is 2.36. The van der Waals surface area contributed by atoms with Gasteiger partial charge in [0.25, 0.3) is 0 Å². The molecule has 0 unspecified atom stereocenters. The van der Waals surface area contributed by atoms with E-state index in [9.17, 15) is 17.6 Å². The summed E-state index contributed by atoms with van der Waals surface area (Å²) in [5, 5.41) is 3.58. The smallest absolute Gasteiger partial charge is 0.389 e. The van der Waals surface area contributed by atoms with Gasteiger partial charge in [-0.15, -0.1) is 0 Å². The molecule has 2 aromatic rings. The average Bonchev–Trinajstić information content (AvgIpc) is 2.73. The van der Waals surface area contributed by atoms with Gasteiger partial charge in [0.1, 0.15) is 10.8 Å². The molecule has 0 aliphatic carbocycles. The maximum Gasteiger partial charge on any atom is 0.434 e. The van der Waals surface area contributed by atoms with Crippen molar-refractivity contribution < 1.29 is 17.6 Å². The molecule has 0 atom stereocenters. The van der Waals surface area contributed by atoms with Crippen molar-refractivity contribution in [3.8, 4) is 5.69 Å². The Bertz CT molecular complexity index is 633. The summed E-state index contributed by atoms with van der Waals surface area (Å²) in [6, 6.07) is 4.64. The zero-order valence-electron chi connectivity index (χ0n) is 9.28. The summed E-state index contributed by atoms with van der Waals surface area (Å²) in [6.07, 6.45) is -3.79. The highest BCUT2D eigenvalue weighted by Gasteiger charge is 2.39. The predicted molar refractivity (Wildman–Crippen MR) is 64.4 cm³/mol. The zero-order valence-corrected chi connectivity index (χ0v) is 10.1. The summed E-state index contributed by atoms with van der Waals surface area (Å²) in [5.74, 6) is -0.669. The SMILES string of the molecule is NC(=S)c1cnn(-c2cccc(F)c2)c1C(F)(F)F. The normalized spacial score (nSPS) is 11.6. The highest BCUT2D eigenvalue weighted by Crippen LogP contribution is 2.33. The van der Waals surface area contributed by atoms with E-state index in [0.717, 1.165) is 18.3 Å². The Morgan fingerprint density at radius 3 is 2.53 bits per heavy atom. The van der Waals surface area contributed by atoms with Crippen LogP contribution >= 0.6 is 12.2 Å². The second kappa shape index (κ2) is 4.61. The number of thiocarbonyl (C=S) groups is 1. The molecule has 0 fully saturated rings. The van der Waals surface area contributed by atoms with Crippen LogP contribution in [0.4, 0.5) is 17.6 Å². The number of hydrogen-bond acceptors (Lipinski definition) is 2. The first kappa shape index (κ1) is 13.5. The van der Waals surface area contributed by atoms with Crippen molar-refractivity contribution in [2.45, 2.75) is 6.18 Å². The van der Waals surface area contributed by atoms with Crippen molar-refractivity contribution in [3.63, 3.8) is 0 Å². The van der Waals surface area contributed by atoms with E-state index in [-0.39, 0.29) is 5.69 Å². The molecule has 0 aliphatic rings.